The third-order valence-electron chi connectivity index (χ3n) is 5.78. The molecule has 3 heterocycles. The van der Waals surface area contributed by atoms with Crippen molar-refractivity contribution in [3.05, 3.63) is 69.9 Å². The molecule has 0 fully saturated rings. The molecule has 0 bridgehead atoms. The molecule has 0 N–H and O–H groups in total. The van der Waals surface area contributed by atoms with Crippen LogP contribution in [0, 0.1) is 6.92 Å². The summed E-state index contributed by atoms with van der Waals surface area (Å²) in [6.07, 6.45) is 9.80. The van der Waals surface area contributed by atoms with Crippen LogP contribution in [0.2, 0.25) is 0 Å². The number of allylic oxidation sites excluding steroid dienone is 4. The second-order valence-electron chi connectivity index (χ2n) is 8.89. The van der Waals surface area contributed by atoms with Crippen LogP contribution in [0.4, 0.5) is 5.69 Å². The van der Waals surface area contributed by atoms with Crippen molar-refractivity contribution in [2.45, 2.75) is 38.1 Å². The number of aromatic nitrogens is 1. The largest absolute Gasteiger partial charge is 0.748 e. The molecule has 9 nitrogen and oxygen atoms in total. The third kappa shape index (κ3) is 7.58. The van der Waals surface area contributed by atoms with Crippen LogP contribution in [0.5, 0.6) is 0 Å². The van der Waals surface area contributed by atoms with Gasteiger partial charge in [-0.05, 0) is 55.4 Å². The molecule has 0 unspecified atom stereocenters. The molecule has 0 atom stereocenters. The fourth-order valence-corrected chi connectivity index (χ4v) is 7.06. The summed E-state index contributed by atoms with van der Waals surface area (Å²) >= 11 is 3.02. The highest BCUT2D eigenvalue weighted by molar-refractivity contribution is 8.03. The summed E-state index contributed by atoms with van der Waals surface area (Å²) in [5, 5.41) is 1.80. The molecule has 0 spiro atoms. The zero-order chi connectivity index (χ0) is 27.5. The number of anilines is 1. The molecule has 204 valence electrons. The molecule has 1 aliphatic heterocycles. The Hall–Kier alpha value is -2.42. The van der Waals surface area contributed by atoms with Crippen molar-refractivity contribution in [1.82, 2.24) is 0 Å². The van der Waals surface area contributed by atoms with Gasteiger partial charge in [0.1, 0.15) is 0 Å². The Kier molecular flexibility index (Phi) is 8.85. The molecular formula is C25H27N2O7S4-. The quantitative estimate of drug-likeness (QED) is 0.180. The molecule has 0 saturated heterocycles. The molecule has 1 aromatic carbocycles. The highest BCUT2D eigenvalue weighted by atomic mass is 32.2. The first kappa shape index (κ1) is 28.6. The predicted molar refractivity (Wildman–Crippen MR) is 148 cm³/mol. The monoisotopic (exact) mass is 595 g/mol. The molecule has 2 aromatic heterocycles. The number of hydrogen-bond donors (Lipinski definition) is 0. The molecule has 38 heavy (non-hydrogen) atoms. The lowest BCUT2D eigenvalue weighted by molar-refractivity contribution is -0.668. The normalized spacial score (nSPS) is 15.8. The van der Waals surface area contributed by atoms with Gasteiger partial charge in [-0.25, -0.2) is 16.8 Å². The van der Waals surface area contributed by atoms with Crippen molar-refractivity contribution in [1.29, 1.82) is 0 Å². The summed E-state index contributed by atoms with van der Waals surface area (Å²) in [4.78, 5) is 3.82. The Morgan fingerprint density at radius 2 is 1.84 bits per heavy atom. The molecule has 13 heteroatoms. The number of thioether (sulfide) groups is 1. The van der Waals surface area contributed by atoms with E-state index in [2.05, 4.69) is 6.07 Å². The summed E-state index contributed by atoms with van der Waals surface area (Å²) in [6, 6.07) is 7.92. The summed E-state index contributed by atoms with van der Waals surface area (Å²) in [6.45, 7) is 4.72. The van der Waals surface area contributed by atoms with Crippen molar-refractivity contribution in [3.63, 3.8) is 0 Å². The number of hydrogen-bond acceptors (Lipinski definition) is 10. The van der Waals surface area contributed by atoms with Crippen molar-refractivity contribution < 1.29 is 34.9 Å². The van der Waals surface area contributed by atoms with Gasteiger partial charge in [-0.3, -0.25) is 0 Å². The second kappa shape index (κ2) is 11.8. The van der Waals surface area contributed by atoms with E-state index in [1.54, 1.807) is 18.0 Å². The van der Waals surface area contributed by atoms with Gasteiger partial charge in [-0.15, -0.1) is 0 Å². The summed E-state index contributed by atoms with van der Waals surface area (Å²) in [7, 11) is -8.56. The summed E-state index contributed by atoms with van der Waals surface area (Å²) in [5.74, 6) is -0.841. The van der Waals surface area contributed by atoms with Crippen LogP contribution >= 0.6 is 23.1 Å². The number of furan rings is 1. The number of thiazole rings is 1. The van der Waals surface area contributed by atoms with Crippen molar-refractivity contribution in [3.8, 4) is 0 Å². The Morgan fingerprint density at radius 3 is 2.58 bits per heavy atom. The molecular weight excluding hydrogens is 569 g/mol. The standard InChI is InChI=1S/C25H28N2O7S4/c1-18(7-10-24-26(12-3-15-37(28,29)30)20-11-14-34-25(20)36-24)6-9-23-27(13-4-16-38(31,32)33)21-17-19(2)5-8-22(21)35-23/h5-11,14,17H,3-4,12-13,15-16H2,1-2H3,(H-,28,29,30,31,32,33)/p-1. The molecule has 3 aromatic rings. The Bertz CT molecular complexity index is 1630. The van der Waals surface area contributed by atoms with Crippen molar-refractivity contribution >= 4 is 65.5 Å². The lowest BCUT2D eigenvalue weighted by Gasteiger charge is -2.21. The molecule has 0 aliphatic carbocycles. The number of aryl methyl sites for hydroxylation is 2. The van der Waals surface area contributed by atoms with Crippen LogP contribution in [0.3, 0.4) is 0 Å². The maximum absolute atomic E-state index is 11.1. The number of fused-ring (bicyclic) bond motifs is 2. The topological polar surface area (TPSA) is 135 Å². The van der Waals surface area contributed by atoms with E-state index >= 15 is 0 Å². The van der Waals surface area contributed by atoms with E-state index in [9.17, 15) is 25.9 Å². The van der Waals surface area contributed by atoms with Gasteiger partial charge < -0.3 is 18.4 Å². The lowest BCUT2D eigenvalue weighted by Crippen LogP contribution is -2.35. The van der Waals surface area contributed by atoms with Gasteiger partial charge in [0.25, 0.3) is 15.4 Å². The maximum Gasteiger partial charge on any atom is 0.265 e. The maximum atomic E-state index is 11.1. The van der Waals surface area contributed by atoms with E-state index in [1.165, 1.54) is 11.3 Å². The lowest BCUT2D eigenvalue weighted by atomic mass is 10.2. The van der Waals surface area contributed by atoms with E-state index in [4.69, 9.17) is 4.42 Å². The van der Waals surface area contributed by atoms with Gasteiger partial charge in [-0.1, -0.05) is 35.6 Å². The van der Waals surface area contributed by atoms with Crippen LogP contribution in [0.1, 0.15) is 30.3 Å². The minimum Gasteiger partial charge on any atom is -0.748 e. The van der Waals surface area contributed by atoms with Crippen LogP contribution in [-0.2, 0) is 26.8 Å². The van der Waals surface area contributed by atoms with Gasteiger partial charge in [0.05, 0.1) is 43.3 Å². The Labute approximate surface area is 230 Å². The number of benzene rings is 1. The molecule has 0 radical (unpaired) electrons. The predicted octanol–water partition coefficient (Wildman–Crippen LogP) is 4.37. The highest BCUT2D eigenvalue weighted by Gasteiger charge is 2.25. The Morgan fingerprint density at radius 1 is 1.11 bits per heavy atom. The zero-order valence-corrected chi connectivity index (χ0v) is 24.1. The minimum absolute atomic E-state index is 0.204. The van der Waals surface area contributed by atoms with Crippen LogP contribution in [0.25, 0.3) is 16.5 Å². The fourth-order valence-electron chi connectivity index (χ4n) is 4.01. The summed E-state index contributed by atoms with van der Waals surface area (Å²) < 4.78 is 73.8. The average molecular weight is 596 g/mol. The van der Waals surface area contributed by atoms with Crippen LogP contribution < -0.4 is 9.47 Å². The molecule has 0 amide bonds. The average Bonchev–Trinajstić information content (AvgIpc) is 3.49. The molecule has 0 saturated carbocycles. The van der Waals surface area contributed by atoms with E-state index in [0.29, 0.717) is 18.0 Å². The molecule has 4 rings (SSSR count). The first-order valence-corrected chi connectivity index (χ1v) is 16.6. The van der Waals surface area contributed by atoms with Gasteiger partial charge >= 0.3 is 0 Å². The van der Waals surface area contributed by atoms with Crippen LogP contribution in [0.15, 0.2) is 68.7 Å². The first-order chi connectivity index (χ1) is 17.9. The number of rotatable bonds is 11. The van der Waals surface area contributed by atoms with E-state index in [-0.39, 0.29) is 12.8 Å². The van der Waals surface area contributed by atoms with E-state index < -0.39 is 31.7 Å². The van der Waals surface area contributed by atoms with Crippen molar-refractivity contribution in [2.75, 3.05) is 23.0 Å². The smallest absolute Gasteiger partial charge is 0.265 e. The third-order valence-corrected chi connectivity index (χ3v) is 9.54. The number of nitrogens with zero attached hydrogens (tertiary/aromatic N) is 2. The zero-order valence-electron chi connectivity index (χ0n) is 20.8. The van der Waals surface area contributed by atoms with Gasteiger partial charge in [0.15, 0.2) is 6.54 Å². The van der Waals surface area contributed by atoms with Gasteiger partial charge in [-0.2, -0.15) is 4.57 Å². The van der Waals surface area contributed by atoms with Crippen molar-refractivity contribution in [2.24, 2.45) is 0 Å². The fraction of sp³-hybridized carbons (Fsp3) is 0.320. The minimum atomic E-state index is -4.28. The highest BCUT2D eigenvalue weighted by Crippen LogP contribution is 2.46. The van der Waals surface area contributed by atoms with E-state index in [1.807, 2.05) is 65.8 Å². The SMILES string of the molecule is CC(C=Cc1sc2occc2[n+]1CCCS(=O)(=O)[O-])=CC=C1Sc2ccc(C)cc2N1CCCS(=O)(=O)[O-]. The second-order valence-corrected chi connectivity index (χ2v) is 14.0. The van der Waals surface area contributed by atoms with E-state index in [0.717, 1.165) is 37.3 Å². The van der Waals surface area contributed by atoms with Gasteiger partial charge in [0, 0.05) is 35.4 Å². The van der Waals surface area contributed by atoms with Crippen LogP contribution in [-0.4, -0.2) is 44.0 Å². The molecule has 1 aliphatic rings. The summed E-state index contributed by atoms with van der Waals surface area (Å²) in [5.41, 5.74) is 3.87. The Balaban J connectivity index is 1.53. The van der Waals surface area contributed by atoms with Gasteiger partial charge in [0.2, 0.25) is 0 Å². The first-order valence-electron chi connectivity index (χ1n) is 11.8.